The van der Waals surface area contributed by atoms with E-state index >= 15 is 0 Å². The Kier molecular flexibility index (Phi) is 5.31. The molecule has 0 fully saturated rings. The van der Waals surface area contributed by atoms with Gasteiger partial charge in [-0.1, -0.05) is 39.0 Å². The van der Waals surface area contributed by atoms with E-state index in [1.54, 1.807) is 31.6 Å². The highest BCUT2D eigenvalue weighted by atomic mass is 32.2. The molecule has 0 aliphatic heterocycles. The van der Waals surface area contributed by atoms with E-state index in [1.165, 1.54) is 24.3 Å². The average Bonchev–Trinajstić information content (AvgIpc) is 2.35. The highest BCUT2D eigenvalue weighted by Gasteiger charge is 2.58. The summed E-state index contributed by atoms with van der Waals surface area (Å²) in [7, 11) is -4.42. The quantitative estimate of drug-likeness (QED) is 0.867. The smallest absolute Gasteiger partial charge is 0.394 e. The van der Waals surface area contributed by atoms with Gasteiger partial charge in [-0.3, -0.25) is 0 Å². The first-order chi connectivity index (χ1) is 9.83. The van der Waals surface area contributed by atoms with Gasteiger partial charge in [-0.25, -0.2) is 8.42 Å². The van der Waals surface area contributed by atoms with E-state index in [9.17, 15) is 26.7 Å². The Morgan fingerprint density at radius 1 is 1.09 bits per heavy atom. The molecule has 2 N–H and O–H groups in total. The molecule has 22 heavy (non-hydrogen) atoms. The van der Waals surface area contributed by atoms with E-state index in [0.29, 0.717) is 0 Å². The number of aliphatic hydroxyl groups excluding tert-OH is 1. The van der Waals surface area contributed by atoms with Crippen LogP contribution in [-0.2, 0) is 10.0 Å². The summed E-state index contributed by atoms with van der Waals surface area (Å²) in [6.07, 6.45) is -5.52. The number of alkyl halides is 3. The third kappa shape index (κ3) is 4.44. The lowest BCUT2D eigenvalue weighted by Gasteiger charge is -2.39. The minimum atomic E-state index is -4.93. The molecule has 0 radical (unpaired) electrons. The van der Waals surface area contributed by atoms with Crippen molar-refractivity contribution in [3.8, 4) is 0 Å². The standard InChI is InChI=1S/C14H20F3NO3S/c1-12(2,3)9-13(10-19,14(15,16)17)18-22(20,21)11-7-5-4-6-8-11/h4-8,18-19H,9-10H2,1-3H3. The zero-order valence-corrected chi connectivity index (χ0v) is 13.4. The fourth-order valence-electron chi connectivity index (χ4n) is 2.19. The molecule has 4 nitrogen and oxygen atoms in total. The first-order valence-corrected chi connectivity index (χ1v) is 8.08. The van der Waals surface area contributed by atoms with Gasteiger partial charge in [0.25, 0.3) is 0 Å². The summed E-state index contributed by atoms with van der Waals surface area (Å²) in [5.41, 5.74) is -3.78. The van der Waals surface area contributed by atoms with Crippen molar-refractivity contribution in [3.63, 3.8) is 0 Å². The summed E-state index contributed by atoms with van der Waals surface area (Å²) in [4.78, 5) is -0.286. The molecule has 0 amide bonds. The second-order valence-electron chi connectivity index (χ2n) is 6.39. The van der Waals surface area contributed by atoms with Crippen LogP contribution in [0.15, 0.2) is 35.2 Å². The monoisotopic (exact) mass is 339 g/mol. The van der Waals surface area contributed by atoms with Crippen LogP contribution < -0.4 is 4.72 Å². The molecule has 0 heterocycles. The van der Waals surface area contributed by atoms with Gasteiger partial charge >= 0.3 is 6.18 Å². The Morgan fingerprint density at radius 2 is 1.59 bits per heavy atom. The molecule has 0 spiro atoms. The van der Waals surface area contributed by atoms with Gasteiger partial charge in [-0.05, 0) is 24.0 Å². The third-order valence-corrected chi connectivity index (χ3v) is 4.58. The molecule has 126 valence electrons. The molecule has 0 saturated carbocycles. The number of sulfonamides is 1. The second kappa shape index (κ2) is 6.17. The summed E-state index contributed by atoms with van der Waals surface area (Å²) < 4.78 is 66.5. The topological polar surface area (TPSA) is 66.4 Å². The molecule has 8 heteroatoms. The third-order valence-electron chi connectivity index (χ3n) is 3.03. The molecule has 0 aromatic heterocycles. The largest absolute Gasteiger partial charge is 0.409 e. The number of benzene rings is 1. The Morgan fingerprint density at radius 3 is 1.95 bits per heavy atom. The maximum atomic E-state index is 13.5. The average molecular weight is 339 g/mol. The number of hydrogen-bond acceptors (Lipinski definition) is 3. The highest BCUT2D eigenvalue weighted by Crippen LogP contribution is 2.40. The lowest BCUT2D eigenvalue weighted by Crippen LogP contribution is -2.62. The van der Waals surface area contributed by atoms with Crippen LogP contribution in [0.2, 0.25) is 0 Å². The molecule has 0 bridgehead atoms. The van der Waals surface area contributed by atoms with Gasteiger partial charge in [0, 0.05) is 0 Å². The number of aliphatic hydroxyl groups is 1. The number of halogens is 3. The Labute approximate surface area is 128 Å². The van der Waals surface area contributed by atoms with Gasteiger partial charge in [0.05, 0.1) is 11.5 Å². The fraction of sp³-hybridized carbons (Fsp3) is 0.571. The van der Waals surface area contributed by atoms with Crippen molar-refractivity contribution in [1.29, 1.82) is 0 Å². The van der Waals surface area contributed by atoms with E-state index in [4.69, 9.17) is 0 Å². The van der Waals surface area contributed by atoms with Crippen LogP contribution in [0.25, 0.3) is 0 Å². The molecule has 1 atom stereocenters. The van der Waals surface area contributed by atoms with E-state index < -0.39 is 40.2 Å². The highest BCUT2D eigenvalue weighted by molar-refractivity contribution is 7.89. The molecule has 0 aliphatic rings. The van der Waals surface area contributed by atoms with Gasteiger partial charge in [0.2, 0.25) is 10.0 Å². The zero-order chi connectivity index (χ0) is 17.2. The molecule has 0 aliphatic carbocycles. The van der Waals surface area contributed by atoms with E-state index in [0.717, 1.165) is 0 Å². The zero-order valence-electron chi connectivity index (χ0n) is 12.6. The lowest BCUT2D eigenvalue weighted by atomic mass is 9.80. The second-order valence-corrected chi connectivity index (χ2v) is 8.08. The van der Waals surface area contributed by atoms with E-state index in [-0.39, 0.29) is 4.90 Å². The predicted octanol–water partition coefficient (Wildman–Crippen LogP) is 2.69. The van der Waals surface area contributed by atoms with Crippen LogP contribution in [0.1, 0.15) is 27.2 Å². The molecular formula is C14H20F3NO3S. The van der Waals surface area contributed by atoms with Gasteiger partial charge in [-0.2, -0.15) is 17.9 Å². The minimum absolute atomic E-state index is 0.286. The minimum Gasteiger partial charge on any atom is -0.394 e. The Bertz CT molecular complexity index is 594. The van der Waals surface area contributed by atoms with Crippen molar-refractivity contribution in [2.75, 3.05) is 6.61 Å². The Hall–Kier alpha value is -1.12. The molecule has 1 unspecified atom stereocenters. The van der Waals surface area contributed by atoms with Crippen LogP contribution >= 0.6 is 0 Å². The fourth-order valence-corrected chi connectivity index (χ4v) is 3.59. The van der Waals surface area contributed by atoms with Crippen LogP contribution in [0, 0.1) is 5.41 Å². The van der Waals surface area contributed by atoms with Crippen molar-refractivity contribution in [2.24, 2.45) is 5.41 Å². The SMILES string of the molecule is CC(C)(C)CC(CO)(NS(=O)(=O)c1ccccc1)C(F)(F)F. The Balaban J connectivity index is 3.30. The van der Waals surface area contributed by atoms with Crippen molar-refractivity contribution in [1.82, 2.24) is 4.72 Å². The van der Waals surface area contributed by atoms with Gasteiger partial charge < -0.3 is 5.11 Å². The predicted molar refractivity (Wildman–Crippen MR) is 76.7 cm³/mol. The maximum absolute atomic E-state index is 13.5. The van der Waals surface area contributed by atoms with Crippen molar-refractivity contribution in [3.05, 3.63) is 30.3 Å². The van der Waals surface area contributed by atoms with E-state index in [2.05, 4.69) is 0 Å². The molecule has 0 saturated heterocycles. The van der Waals surface area contributed by atoms with Crippen molar-refractivity contribution >= 4 is 10.0 Å². The molecule has 1 aromatic rings. The summed E-state index contributed by atoms with van der Waals surface area (Å²) in [6, 6.07) is 6.76. The van der Waals surface area contributed by atoms with Gasteiger partial charge in [0.1, 0.15) is 0 Å². The van der Waals surface area contributed by atoms with Crippen LogP contribution in [0.4, 0.5) is 13.2 Å². The van der Waals surface area contributed by atoms with Gasteiger partial charge in [-0.15, -0.1) is 0 Å². The van der Waals surface area contributed by atoms with Crippen LogP contribution in [0.3, 0.4) is 0 Å². The number of hydrogen-bond donors (Lipinski definition) is 2. The molecule has 1 rings (SSSR count). The number of rotatable bonds is 5. The van der Waals surface area contributed by atoms with Crippen molar-refractivity contribution in [2.45, 2.75) is 43.8 Å². The summed E-state index contributed by atoms with van der Waals surface area (Å²) in [6.45, 7) is 3.25. The first-order valence-electron chi connectivity index (χ1n) is 6.60. The first kappa shape index (κ1) is 18.9. The normalized spacial score (nSPS) is 16.3. The van der Waals surface area contributed by atoms with Crippen LogP contribution in [0.5, 0.6) is 0 Å². The number of nitrogens with one attached hydrogen (secondary N) is 1. The summed E-state index contributed by atoms with van der Waals surface area (Å²) in [5.74, 6) is 0. The van der Waals surface area contributed by atoms with Crippen molar-refractivity contribution < 1.29 is 26.7 Å². The lowest BCUT2D eigenvalue weighted by molar-refractivity contribution is -0.208. The molecule has 1 aromatic carbocycles. The van der Waals surface area contributed by atoms with Crippen LogP contribution in [-0.4, -0.2) is 31.8 Å². The maximum Gasteiger partial charge on any atom is 0.409 e. The summed E-state index contributed by atoms with van der Waals surface area (Å²) in [5, 5.41) is 9.34. The summed E-state index contributed by atoms with van der Waals surface area (Å²) >= 11 is 0. The van der Waals surface area contributed by atoms with E-state index in [1.807, 2.05) is 0 Å². The van der Waals surface area contributed by atoms with Gasteiger partial charge in [0.15, 0.2) is 5.54 Å². The molecular weight excluding hydrogens is 319 g/mol.